The first-order valence-electron chi connectivity index (χ1n) is 5.37. The van der Waals surface area contributed by atoms with E-state index in [-0.39, 0.29) is 4.90 Å². The van der Waals surface area contributed by atoms with Crippen LogP contribution in [0, 0.1) is 6.92 Å². The van der Waals surface area contributed by atoms with Crippen molar-refractivity contribution in [2.24, 2.45) is 0 Å². The van der Waals surface area contributed by atoms with Gasteiger partial charge < -0.3 is 5.21 Å². The number of benzene rings is 1. The lowest BCUT2D eigenvalue weighted by Gasteiger charge is -1.99. The van der Waals surface area contributed by atoms with E-state index in [1.54, 1.807) is 12.1 Å². The van der Waals surface area contributed by atoms with E-state index in [2.05, 4.69) is 0 Å². The Morgan fingerprint density at radius 2 is 1.59 bits per heavy atom. The fourth-order valence-electron chi connectivity index (χ4n) is 1.41. The first-order chi connectivity index (χ1) is 7.89. The molecule has 2 N–H and O–H groups in total. The van der Waals surface area contributed by atoms with E-state index in [1.807, 2.05) is 6.92 Å². The molecule has 0 atom stereocenters. The van der Waals surface area contributed by atoms with E-state index in [0.717, 1.165) is 31.5 Å². The second kappa shape index (κ2) is 6.11. The molecule has 0 radical (unpaired) electrons. The van der Waals surface area contributed by atoms with Crippen molar-refractivity contribution in [3.8, 4) is 0 Å². The average Bonchev–Trinajstić information content (AvgIpc) is 2.69. The van der Waals surface area contributed by atoms with Gasteiger partial charge in [0.1, 0.15) is 0 Å². The summed E-state index contributed by atoms with van der Waals surface area (Å²) >= 11 is 0. The van der Waals surface area contributed by atoms with E-state index in [9.17, 15) is 8.42 Å². The third-order valence-corrected chi connectivity index (χ3v) is 3.27. The fourth-order valence-corrected chi connectivity index (χ4v) is 1.89. The van der Waals surface area contributed by atoms with Crippen molar-refractivity contribution in [1.29, 1.82) is 0 Å². The second-order valence-corrected chi connectivity index (χ2v) is 5.37. The number of aryl methyl sites for hydroxylation is 1. The molecule has 1 heterocycles. The largest absolute Gasteiger partial charge is 0.314 e. The van der Waals surface area contributed by atoms with Gasteiger partial charge in [-0.1, -0.05) is 17.7 Å². The summed E-state index contributed by atoms with van der Waals surface area (Å²) in [7, 11) is -4.02. The van der Waals surface area contributed by atoms with Gasteiger partial charge in [-0.2, -0.15) is 13.5 Å². The van der Waals surface area contributed by atoms with Crippen LogP contribution in [0.5, 0.6) is 0 Å². The highest BCUT2D eigenvalue weighted by Crippen LogP contribution is 2.08. The zero-order valence-electron chi connectivity index (χ0n) is 9.70. The van der Waals surface area contributed by atoms with Gasteiger partial charge in [-0.25, -0.2) is 0 Å². The minimum Gasteiger partial charge on any atom is -0.314 e. The molecule has 1 fully saturated rings. The lowest BCUT2D eigenvalue weighted by Crippen LogP contribution is -2.11. The molecule has 96 valence electrons. The third-order valence-electron chi connectivity index (χ3n) is 2.40. The van der Waals surface area contributed by atoms with E-state index in [4.69, 9.17) is 9.76 Å². The summed E-state index contributed by atoms with van der Waals surface area (Å²) in [5, 5.41) is 9.92. The van der Waals surface area contributed by atoms with Crippen molar-refractivity contribution in [3.63, 3.8) is 0 Å². The van der Waals surface area contributed by atoms with Gasteiger partial charge in [0.15, 0.2) is 0 Å². The molecule has 0 aliphatic carbocycles. The Labute approximate surface area is 101 Å². The Bertz CT molecular complexity index is 435. The van der Waals surface area contributed by atoms with Crippen LogP contribution in [0.4, 0.5) is 0 Å². The number of rotatable bonds is 1. The van der Waals surface area contributed by atoms with Gasteiger partial charge in [-0.05, 0) is 31.9 Å². The van der Waals surface area contributed by atoms with Gasteiger partial charge in [0.2, 0.25) is 0 Å². The molecule has 1 aliphatic heterocycles. The highest BCUT2D eigenvalue weighted by molar-refractivity contribution is 7.85. The van der Waals surface area contributed by atoms with E-state index in [0.29, 0.717) is 0 Å². The van der Waals surface area contributed by atoms with Crippen LogP contribution in [0.1, 0.15) is 18.4 Å². The van der Waals surface area contributed by atoms with Gasteiger partial charge >= 0.3 is 0 Å². The zero-order chi connectivity index (χ0) is 12.9. The Hall–Kier alpha value is -0.950. The average molecular weight is 259 g/mol. The summed E-state index contributed by atoms with van der Waals surface area (Å²) in [6, 6.07) is 5.99. The molecular formula is C11H17NO4S. The molecule has 5 nitrogen and oxygen atoms in total. The maximum atomic E-state index is 10.5. The van der Waals surface area contributed by atoms with Crippen LogP contribution in [0.2, 0.25) is 0 Å². The first kappa shape index (κ1) is 14.1. The standard InChI is InChI=1S/C7H8O3S.C4H9NO/c1-6-2-4-7(5-3-6)11(8,9)10;6-5-3-1-2-4-5/h2-5H,1H3,(H,8,9,10);6H,1-4H2. The predicted molar refractivity (Wildman–Crippen MR) is 63.6 cm³/mol. The molecule has 6 heteroatoms. The molecule has 1 aromatic carbocycles. The number of hydrogen-bond acceptors (Lipinski definition) is 4. The zero-order valence-corrected chi connectivity index (χ0v) is 10.5. The minimum atomic E-state index is -4.02. The lowest BCUT2D eigenvalue weighted by molar-refractivity contribution is -0.0678. The highest BCUT2D eigenvalue weighted by atomic mass is 32.2. The van der Waals surface area contributed by atoms with Crippen molar-refractivity contribution in [2.45, 2.75) is 24.7 Å². The van der Waals surface area contributed by atoms with Crippen LogP contribution < -0.4 is 0 Å². The molecule has 0 unspecified atom stereocenters. The lowest BCUT2D eigenvalue weighted by atomic mass is 10.2. The van der Waals surface area contributed by atoms with Gasteiger partial charge in [-0.3, -0.25) is 4.55 Å². The van der Waals surface area contributed by atoms with Crippen LogP contribution in [-0.2, 0) is 10.1 Å². The quantitative estimate of drug-likeness (QED) is 0.751. The molecular weight excluding hydrogens is 242 g/mol. The van der Waals surface area contributed by atoms with E-state index >= 15 is 0 Å². The normalized spacial score (nSPS) is 16.4. The molecule has 0 amide bonds. The van der Waals surface area contributed by atoms with Gasteiger partial charge in [0.05, 0.1) is 4.90 Å². The topological polar surface area (TPSA) is 77.8 Å². The van der Waals surface area contributed by atoms with E-state index in [1.165, 1.54) is 17.2 Å². The number of nitrogens with zero attached hydrogens (tertiary/aromatic N) is 1. The Kier molecular flexibility index (Phi) is 5.07. The van der Waals surface area contributed by atoms with Gasteiger partial charge in [0, 0.05) is 13.1 Å². The van der Waals surface area contributed by atoms with Crippen LogP contribution in [0.15, 0.2) is 29.2 Å². The summed E-state index contributed by atoms with van der Waals surface area (Å²) in [4.78, 5) is -0.0666. The number of hydroxylamine groups is 2. The van der Waals surface area contributed by atoms with Crippen LogP contribution in [-0.4, -0.2) is 36.3 Å². The predicted octanol–water partition coefficient (Wildman–Crippen LogP) is 1.71. The molecule has 17 heavy (non-hydrogen) atoms. The van der Waals surface area contributed by atoms with Gasteiger partial charge in [0.25, 0.3) is 10.1 Å². The summed E-state index contributed by atoms with van der Waals surface area (Å²) in [6.07, 6.45) is 2.33. The molecule has 0 spiro atoms. The third kappa shape index (κ3) is 5.27. The summed E-state index contributed by atoms with van der Waals surface area (Å²) in [5.41, 5.74) is 0.956. The highest BCUT2D eigenvalue weighted by Gasteiger charge is 2.07. The maximum Gasteiger partial charge on any atom is 0.294 e. The maximum absolute atomic E-state index is 10.5. The smallest absolute Gasteiger partial charge is 0.294 e. The fraction of sp³-hybridized carbons (Fsp3) is 0.455. The Morgan fingerprint density at radius 3 is 1.88 bits per heavy atom. The molecule has 2 rings (SSSR count). The molecule has 0 bridgehead atoms. The van der Waals surface area contributed by atoms with Crippen LogP contribution in [0.3, 0.4) is 0 Å². The van der Waals surface area contributed by atoms with Crippen molar-refractivity contribution >= 4 is 10.1 Å². The SMILES string of the molecule is Cc1ccc(S(=O)(=O)O)cc1.ON1CCCC1. The summed E-state index contributed by atoms with van der Waals surface area (Å²) in [5.74, 6) is 0. The van der Waals surface area contributed by atoms with Crippen LogP contribution >= 0.6 is 0 Å². The minimum absolute atomic E-state index is 0.0666. The monoisotopic (exact) mass is 259 g/mol. The van der Waals surface area contributed by atoms with Crippen LogP contribution in [0.25, 0.3) is 0 Å². The molecule has 0 aromatic heterocycles. The molecule has 1 aliphatic rings. The number of hydrogen-bond donors (Lipinski definition) is 2. The van der Waals surface area contributed by atoms with Gasteiger partial charge in [-0.15, -0.1) is 0 Å². The van der Waals surface area contributed by atoms with Crippen molar-refractivity contribution in [2.75, 3.05) is 13.1 Å². The first-order valence-corrected chi connectivity index (χ1v) is 6.81. The molecule has 1 aromatic rings. The van der Waals surface area contributed by atoms with Crippen molar-refractivity contribution < 1.29 is 18.2 Å². The summed E-state index contributed by atoms with van der Waals surface area (Å²) < 4.78 is 29.6. The Morgan fingerprint density at radius 1 is 1.12 bits per heavy atom. The summed E-state index contributed by atoms with van der Waals surface area (Å²) in [6.45, 7) is 3.59. The van der Waals surface area contributed by atoms with E-state index < -0.39 is 10.1 Å². The second-order valence-electron chi connectivity index (χ2n) is 3.95. The van der Waals surface area contributed by atoms with Crippen molar-refractivity contribution in [1.82, 2.24) is 5.06 Å². The molecule has 0 saturated carbocycles. The Balaban J connectivity index is 0.000000202. The van der Waals surface area contributed by atoms with Crippen molar-refractivity contribution in [3.05, 3.63) is 29.8 Å². The molecule has 1 saturated heterocycles.